The van der Waals surface area contributed by atoms with E-state index in [0.717, 1.165) is 0 Å². The zero-order valence-electron chi connectivity index (χ0n) is 16.4. The standard InChI is InChI=1S/C20H24N4O4/c1-5-12(2)16-18(25)22-15-9-7-6-8-14(15)17(20(27)28-4)24(16)19(26)13-10-21-23(3)11-13/h6-12,16-17H,5H2,1-4H3,(H,22,25). The first-order valence-corrected chi connectivity index (χ1v) is 9.18. The van der Waals surface area contributed by atoms with Crippen LogP contribution in [0.5, 0.6) is 0 Å². The zero-order chi connectivity index (χ0) is 20.4. The van der Waals surface area contributed by atoms with E-state index in [9.17, 15) is 14.4 Å². The van der Waals surface area contributed by atoms with E-state index in [2.05, 4.69) is 10.4 Å². The van der Waals surface area contributed by atoms with E-state index in [4.69, 9.17) is 4.74 Å². The van der Waals surface area contributed by atoms with Gasteiger partial charge in [-0.2, -0.15) is 5.10 Å². The third-order valence-electron chi connectivity index (χ3n) is 5.15. The number of carbonyl (C=O) groups excluding carboxylic acids is 3. The van der Waals surface area contributed by atoms with Crippen molar-refractivity contribution in [1.29, 1.82) is 0 Å². The Kier molecular flexibility index (Phi) is 5.48. The summed E-state index contributed by atoms with van der Waals surface area (Å²) in [6.07, 6.45) is 3.65. The van der Waals surface area contributed by atoms with Gasteiger partial charge in [0.05, 0.1) is 18.9 Å². The summed E-state index contributed by atoms with van der Waals surface area (Å²) in [7, 11) is 2.97. The topological polar surface area (TPSA) is 93.5 Å². The van der Waals surface area contributed by atoms with Crippen LogP contribution in [0.15, 0.2) is 36.7 Å². The molecule has 0 radical (unpaired) electrons. The summed E-state index contributed by atoms with van der Waals surface area (Å²) >= 11 is 0. The molecule has 3 rings (SSSR count). The number of methoxy groups -OCH3 is 1. The number of ether oxygens (including phenoxy) is 1. The first-order chi connectivity index (χ1) is 13.4. The van der Waals surface area contributed by atoms with Gasteiger partial charge in [0.2, 0.25) is 5.91 Å². The highest BCUT2D eigenvalue weighted by atomic mass is 16.5. The Morgan fingerprint density at radius 2 is 2.04 bits per heavy atom. The smallest absolute Gasteiger partial charge is 0.333 e. The molecule has 1 N–H and O–H groups in total. The van der Waals surface area contributed by atoms with Gasteiger partial charge in [-0.05, 0) is 12.0 Å². The number of aryl methyl sites for hydroxylation is 1. The summed E-state index contributed by atoms with van der Waals surface area (Å²) in [5, 5.41) is 6.93. The first-order valence-electron chi connectivity index (χ1n) is 9.18. The van der Waals surface area contributed by atoms with Crippen molar-refractivity contribution in [3.8, 4) is 0 Å². The average molecular weight is 384 g/mol. The number of aromatic nitrogens is 2. The quantitative estimate of drug-likeness (QED) is 0.815. The molecule has 8 heteroatoms. The maximum atomic E-state index is 13.5. The van der Waals surface area contributed by atoms with E-state index in [1.54, 1.807) is 37.5 Å². The third-order valence-corrected chi connectivity index (χ3v) is 5.15. The largest absolute Gasteiger partial charge is 0.467 e. The lowest BCUT2D eigenvalue weighted by Gasteiger charge is -2.36. The molecule has 2 aromatic rings. The van der Waals surface area contributed by atoms with Crippen molar-refractivity contribution in [3.05, 3.63) is 47.8 Å². The normalized spacial score (nSPS) is 20.0. The summed E-state index contributed by atoms with van der Waals surface area (Å²) in [4.78, 5) is 40.7. The lowest BCUT2D eigenvalue weighted by Crippen LogP contribution is -2.52. The summed E-state index contributed by atoms with van der Waals surface area (Å²) < 4.78 is 6.53. The maximum absolute atomic E-state index is 13.5. The van der Waals surface area contributed by atoms with Crippen LogP contribution >= 0.6 is 0 Å². The second-order valence-electron chi connectivity index (χ2n) is 6.95. The Hall–Kier alpha value is -3.16. The minimum Gasteiger partial charge on any atom is -0.467 e. The van der Waals surface area contributed by atoms with Crippen molar-refractivity contribution in [2.45, 2.75) is 32.4 Å². The molecule has 1 aliphatic rings. The lowest BCUT2D eigenvalue weighted by molar-refractivity contribution is -0.148. The Morgan fingerprint density at radius 3 is 2.64 bits per heavy atom. The van der Waals surface area contributed by atoms with Crippen LogP contribution < -0.4 is 5.32 Å². The number of nitrogens with one attached hydrogen (secondary N) is 1. The van der Waals surface area contributed by atoms with Crippen molar-refractivity contribution in [1.82, 2.24) is 14.7 Å². The molecule has 0 saturated heterocycles. The molecule has 2 amide bonds. The van der Waals surface area contributed by atoms with Gasteiger partial charge >= 0.3 is 5.97 Å². The summed E-state index contributed by atoms with van der Waals surface area (Å²) in [5.74, 6) is -1.55. The molecule has 2 heterocycles. The van der Waals surface area contributed by atoms with Gasteiger partial charge in [0.15, 0.2) is 6.04 Å². The molecule has 1 aliphatic heterocycles. The molecule has 0 spiro atoms. The van der Waals surface area contributed by atoms with Crippen molar-refractivity contribution in [2.75, 3.05) is 12.4 Å². The predicted octanol–water partition coefficient (Wildman–Crippen LogP) is 2.14. The highest BCUT2D eigenvalue weighted by Crippen LogP contribution is 2.37. The minimum absolute atomic E-state index is 0.179. The summed E-state index contributed by atoms with van der Waals surface area (Å²) in [5.41, 5.74) is 1.32. The number of nitrogens with zero attached hydrogens (tertiary/aromatic N) is 3. The molecule has 8 nitrogen and oxygen atoms in total. The molecule has 3 unspecified atom stereocenters. The van der Waals surface area contributed by atoms with Crippen LogP contribution in [-0.4, -0.2) is 45.6 Å². The van der Waals surface area contributed by atoms with Crippen LogP contribution in [0.2, 0.25) is 0 Å². The monoisotopic (exact) mass is 384 g/mol. The van der Waals surface area contributed by atoms with E-state index in [1.807, 2.05) is 13.8 Å². The molecular weight excluding hydrogens is 360 g/mol. The number of esters is 1. The number of fused-ring (bicyclic) bond motifs is 1. The predicted molar refractivity (Wildman–Crippen MR) is 102 cm³/mol. The average Bonchev–Trinajstić information content (AvgIpc) is 3.08. The second kappa shape index (κ2) is 7.84. The SMILES string of the molecule is CCC(C)C1C(=O)Nc2ccccc2C(C(=O)OC)N1C(=O)c1cnn(C)c1. The Morgan fingerprint density at radius 1 is 1.32 bits per heavy atom. The fraction of sp³-hybridized carbons (Fsp3) is 0.400. The number of hydrogen-bond acceptors (Lipinski definition) is 5. The fourth-order valence-electron chi connectivity index (χ4n) is 3.53. The molecule has 1 aromatic heterocycles. The van der Waals surface area contributed by atoms with Gasteiger partial charge in [0.25, 0.3) is 5.91 Å². The van der Waals surface area contributed by atoms with E-state index in [0.29, 0.717) is 23.2 Å². The second-order valence-corrected chi connectivity index (χ2v) is 6.95. The summed E-state index contributed by atoms with van der Waals surface area (Å²) in [6, 6.07) is 5.08. The maximum Gasteiger partial charge on any atom is 0.333 e. The number of carbonyl (C=O) groups is 3. The third kappa shape index (κ3) is 3.37. The van der Waals surface area contributed by atoms with Crippen molar-refractivity contribution < 1.29 is 19.1 Å². The van der Waals surface area contributed by atoms with Crippen LogP contribution in [0.4, 0.5) is 5.69 Å². The van der Waals surface area contributed by atoms with Gasteiger partial charge in [-0.3, -0.25) is 14.3 Å². The van der Waals surface area contributed by atoms with Crippen molar-refractivity contribution >= 4 is 23.5 Å². The Balaban J connectivity index is 2.23. The molecule has 0 aliphatic carbocycles. The zero-order valence-corrected chi connectivity index (χ0v) is 16.4. The molecule has 28 heavy (non-hydrogen) atoms. The van der Waals surface area contributed by atoms with Crippen molar-refractivity contribution in [2.24, 2.45) is 13.0 Å². The lowest BCUT2D eigenvalue weighted by atomic mass is 9.94. The van der Waals surface area contributed by atoms with Gasteiger partial charge in [0.1, 0.15) is 6.04 Å². The van der Waals surface area contributed by atoms with Gasteiger partial charge < -0.3 is 15.0 Å². The molecular formula is C20H24N4O4. The number of para-hydroxylation sites is 1. The van der Waals surface area contributed by atoms with E-state index < -0.39 is 24.0 Å². The summed E-state index contributed by atoms with van der Waals surface area (Å²) in [6.45, 7) is 3.83. The highest BCUT2D eigenvalue weighted by Gasteiger charge is 2.46. The van der Waals surface area contributed by atoms with Crippen LogP contribution in [0.25, 0.3) is 0 Å². The number of anilines is 1. The fourth-order valence-corrected chi connectivity index (χ4v) is 3.53. The van der Waals surface area contributed by atoms with Gasteiger partial charge in [0, 0.05) is 24.5 Å². The van der Waals surface area contributed by atoms with E-state index in [-0.39, 0.29) is 11.8 Å². The van der Waals surface area contributed by atoms with Gasteiger partial charge in [-0.15, -0.1) is 0 Å². The van der Waals surface area contributed by atoms with Gasteiger partial charge in [-0.25, -0.2) is 4.79 Å². The number of amides is 2. The minimum atomic E-state index is -1.05. The molecule has 1 aromatic carbocycles. The molecule has 148 valence electrons. The van der Waals surface area contributed by atoms with Crippen LogP contribution in [0.3, 0.4) is 0 Å². The first kappa shape index (κ1) is 19.6. The number of benzene rings is 1. The van der Waals surface area contributed by atoms with E-state index >= 15 is 0 Å². The number of rotatable bonds is 4. The van der Waals surface area contributed by atoms with Gasteiger partial charge in [-0.1, -0.05) is 38.5 Å². The Bertz CT molecular complexity index is 907. The molecule has 0 bridgehead atoms. The van der Waals surface area contributed by atoms with Crippen LogP contribution in [0.1, 0.15) is 42.2 Å². The van der Waals surface area contributed by atoms with Crippen LogP contribution in [-0.2, 0) is 21.4 Å². The number of hydrogen-bond donors (Lipinski definition) is 1. The molecule has 3 atom stereocenters. The Labute approximate surface area is 163 Å². The molecule has 0 saturated carbocycles. The highest BCUT2D eigenvalue weighted by molar-refractivity contribution is 6.05. The molecule has 0 fully saturated rings. The van der Waals surface area contributed by atoms with Crippen LogP contribution in [0, 0.1) is 5.92 Å². The van der Waals surface area contributed by atoms with Crippen molar-refractivity contribution in [3.63, 3.8) is 0 Å². The van der Waals surface area contributed by atoms with E-state index in [1.165, 1.54) is 22.9 Å².